The van der Waals surface area contributed by atoms with Crippen LogP contribution < -0.4 is 16.6 Å². The van der Waals surface area contributed by atoms with E-state index >= 15 is 0 Å². The van der Waals surface area contributed by atoms with Gasteiger partial charge in [0.15, 0.2) is 5.16 Å². The lowest BCUT2D eigenvalue weighted by Crippen LogP contribution is -2.13. The van der Waals surface area contributed by atoms with Crippen LogP contribution in [0.15, 0.2) is 29.4 Å². The fraction of sp³-hybridized carbons (Fsp3) is 0.231. The Morgan fingerprint density at radius 3 is 2.52 bits per heavy atom. The summed E-state index contributed by atoms with van der Waals surface area (Å²) < 4.78 is 0. The van der Waals surface area contributed by atoms with E-state index in [1.165, 1.54) is 11.8 Å². The molecule has 1 aromatic heterocycles. The molecule has 1 heterocycles. The molecule has 1 aromatic carbocycles. The van der Waals surface area contributed by atoms with Gasteiger partial charge in [-0.25, -0.2) is 15.8 Å². The van der Waals surface area contributed by atoms with Gasteiger partial charge in [0.2, 0.25) is 0 Å². The molecule has 1 unspecified atom stereocenters. The van der Waals surface area contributed by atoms with Crippen molar-refractivity contribution in [3.8, 4) is 0 Å². The molecule has 8 heteroatoms. The third-order valence-corrected chi connectivity index (χ3v) is 3.94. The van der Waals surface area contributed by atoms with E-state index in [1.807, 2.05) is 19.2 Å². The first-order valence-corrected chi connectivity index (χ1v) is 8.12. The minimum absolute atomic E-state index is 0.0370. The molecule has 0 aliphatic carbocycles. The SMILES string of the molecule is CSc1nc(NN)cc(NC(C)c2ccc(Cl)cc2Cl)n1. The molecule has 0 bridgehead atoms. The zero-order valence-corrected chi connectivity index (χ0v) is 13.9. The Labute approximate surface area is 137 Å². The van der Waals surface area contributed by atoms with Gasteiger partial charge >= 0.3 is 0 Å². The highest BCUT2D eigenvalue weighted by molar-refractivity contribution is 7.98. The van der Waals surface area contributed by atoms with E-state index in [9.17, 15) is 0 Å². The maximum Gasteiger partial charge on any atom is 0.191 e. The number of hydrogen-bond acceptors (Lipinski definition) is 6. The van der Waals surface area contributed by atoms with Crippen molar-refractivity contribution in [2.24, 2.45) is 5.84 Å². The zero-order chi connectivity index (χ0) is 15.4. The summed E-state index contributed by atoms with van der Waals surface area (Å²) in [5.41, 5.74) is 3.46. The minimum Gasteiger partial charge on any atom is -0.363 e. The van der Waals surface area contributed by atoms with Gasteiger partial charge in [0.05, 0.1) is 6.04 Å². The number of nitrogen functional groups attached to an aromatic ring is 1. The summed E-state index contributed by atoms with van der Waals surface area (Å²) in [6.45, 7) is 1.99. The fourth-order valence-corrected chi connectivity index (χ4v) is 2.77. The van der Waals surface area contributed by atoms with Crippen molar-refractivity contribution in [1.82, 2.24) is 9.97 Å². The van der Waals surface area contributed by atoms with Crippen LogP contribution in [-0.2, 0) is 0 Å². The molecule has 0 fully saturated rings. The van der Waals surface area contributed by atoms with Crippen molar-refractivity contribution < 1.29 is 0 Å². The molecule has 5 nitrogen and oxygen atoms in total. The number of anilines is 2. The molecule has 2 rings (SSSR count). The van der Waals surface area contributed by atoms with Crippen LogP contribution in [0.2, 0.25) is 10.0 Å². The van der Waals surface area contributed by atoms with Gasteiger partial charge in [-0.2, -0.15) is 0 Å². The minimum atomic E-state index is -0.0370. The predicted molar refractivity (Wildman–Crippen MR) is 90.1 cm³/mol. The first-order chi connectivity index (χ1) is 10.0. The maximum absolute atomic E-state index is 6.21. The molecule has 2 aromatic rings. The van der Waals surface area contributed by atoms with Gasteiger partial charge in [-0.15, -0.1) is 0 Å². The highest BCUT2D eigenvalue weighted by atomic mass is 35.5. The number of halogens is 2. The van der Waals surface area contributed by atoms with Crippen molar-refractivity contribution in [2.75, 3.05) is 17.0 Å². The Kier molecular flexibility index (Phi) is 5.52. The van der Waals surface area contributed by atoms with E-state index in [1.54, 1.807) is 18.2 Å². The number of aromatic nitrogens is 2. The van der Waals surface area contributed by atoms with Gasteiger partial charge in [-0.05, 0) is 30.9 Å². The Hall–Kier alpha value is -1.21. The van der Waals surface area contributed by atoms with Crippen LogP contribution in [0.25, 0.3) is 0 Å². The van der Waals surface area contributed by atoms with Crippen LogP contribution in [-0.4, -0.2) is 16.2 Å². The molecule has 0 saturated carbocycles. The summed E-state index contributed by atoms with van der Waals surface area (Å²) in [5.74, 6) is 6.63. The Balaban J connectivity index is 2.24. The molecule has 0 amide bonds. The van der Waals surface area contributed by atoms with Crippen LogP contribution in [0, 0.1) is 0 Å². The van der Waals surface area contributed by atoms with Crippen molar-refractivity contribution in [1.29, 1.82) is 0 Å². The van der Waals surface area contributed by atoms with Gasteiger partial charge in [-0.3, -0.25) is 0 Å². The van der Waals surface area contributed by atoms with E-state index < -0.39 is 0 Å². The van der Waals surface area contributed by atoms with E-state index in [-0.39, 0.29) is 6.04 Å². The molecule has 112 valence electrons. The second-order valence-electron chi connectivity index (χ2n) is 4.30. The topological polar surface area (TPSA) is 75.9 Å². The number of rotatable bonds is 5. The number of hydrogen-bond donors (Lipinski definition) is 3. The normalized spacial score (nSPS) is 12.0. The van der Waals surface area contributed by atoms with Gasteiger partial charge in [0.25, 0.3) is 0 Å². The summed E-state index contributed by atoms with van der Waals surface area (Å²) in [5, 5.41) is 5.13. The molecule has 0 saturated heterocycles. The predicted octanol–water partition coefficient (Wildman–Crippen LogP) is 3.96. The molecule has 0 spiro atoms. The molecule has 1 atom stereocenters. The average Bonchev–Trinajstić information content (AvgIpc) is 2.46. The highest BCUT2D eigenvalue weighted by Crippen LogP contribution is 2.28. The van der Waals surface area contributed by atoms with Crippen molar-refractivity contribution in [3.05, 3.63) is 39.9 Å². The average molecular weight is 344 g/mol. The van der Waals surface area contributed by atoms with E-state index in [0.29, 0.717) is 26.8 Å². The number of thioether (sulfide) groups is 1. The Bertz CT molecular complexity index is 616. The largest absolute Gasteiger partial charge is 0.363 e. The van der Waals surface area contributed by atoms with Gasteiger partial charge < -0.3 is 10.7 Å². The van der Waals surface area contributed by atoms with Crippen LogP contribution in [0.3, 0.4) is 0 Å². The molecule has 0 aliphatic heterocycles. The fourth-order valence-electron chi connectivity index (χ4n) is 1.82. The molecule has 0 radical (unpaired) electrons. The Morgan fingerprint density at radius 1 is 1.19 bits per heavy atom. The number of nitrogens with one attached hydrogen (secondary N) is 2. The summed E-state index contributed by atoms with van der Waals surface area (Å²) >= 11 is 13.6. The Morgan fingerprint density at radius 2 is 1.90 bits per heavy atom. The highest BCUT2D eigenvalue weighted by Gasteiger charge is 2.12. The van der Waals surface area contributed by atoms with Crippen molar-refractivity contribution >= 4 is 46.6 Å². The van der Waals surface area contributed by atoms with E-state index in [0.717, 1.165) is 5.56 Å². The number of benzene rings is 1. The van der Waals surface area contributed by atoms with Crippen molar-refractivity contribution in [2.45, 2.75) is 18.1 Å². The number of hydrazine groups is 1. The van der Waals surface area contributed by atoms with E-state index in [2.05, 4.69) is 20.7 Å². The quantitative estimate of drug-likeness (QED) is 0.330. The third kappa shape index (κ3) is 4.14. The molecule has 4 N–H and O–H groups in total. The zero-order valence-electron chi connectivity index (χ0n) is 11.5. The first kappa shape index (κ1) is 16.2. The smallest absolute Gasteiger partial charge is 0.191 e. The van der Waals surface area contributed by atoms with Gasteiger partial charge in [0.1, 0.15) is 11.6 Å². The lowest BCUT2D eigenvalue weighted by atomic mass is 10.1. The first-order valence-electron chi connectivity index (χ1n) is 6.14. The molecule has 21 heavy (non-hydrogen) atoms. The maximum atomic E-state index is 6.21. The van der Waals surface area contributed by atoms with Crippen LogP contribution in [0.5, 0.6) is 0 Å². The summed E-state index contributed by atoms with van der Waals surface area (Å²) in [6, 6.07) is 7.11. The van der Waals surface area contributed by atoms with Crippen LogP contribution in [0.4, 0.5) is 11.6 Å². The monoisotopic (exact) mass is 343 g/mol. The molecular weight excluding hydrogens is 329 g/mol. The summed E-state index contributed by atoms with van der Waals surface area (Å²) in [4.78, 5) is 8.60. The molecule has 0 aliphatic rings. The van der Waals surface area contributed by atoms with E-state index in [4.69, 9.17) is 29.0 Å². The molecular formula is C13H15Cl2N5S. The van der Waals surface area contributed by atoms with Crippen LogP contribution in [0.1, 0.15) is 18.5 Å². The van der Waals surface area contributed by atoms with Gasteiger partial charge in [0, 0.05) is 16.1 Å². The van der Waals surface area contributed by atoms with Gasteiger partial charge in [-0.1, -0.05) is 41.0 Å². The third-order valence-electron chi connectivity index (χ3n) is 2.83. The summed E-state index contributed by atoms with van der Waals surface area (Å²) in [6.07, 6.45) is 1.90. The van der Waals surface area contributed by atoms with Crippen molar-refractivity contribution in [3.63, 3.8) is 0 Å². The number of nitrogens with two attached hydrogens (primary N) is 1. The lowest BCUT2D eigenvalue weighted by Gasteiger charge is -2.17. The lowest BCUT2D eigenvalue weighted by molar-refractivity contribution is 0.856. The second-order valence-corrected chi connectivity index (χ2v) is 5.92. The second kappa shape index (κ2) is 7.17. The van der Waals surface area contributed by atoms with Crippen LogP contribution >= 0.6 is 35.0 Å². The number of nitrogens with zero attached hydrogens (tertiary/aromatic N) is 2. The summed E-state index contributed by atoms with van der Waals surface area (Å²) in [7, 11) is 0. The standard InChI is InChI=1S/C13H15Cl2N5S/c1-7(9-4-3-8(14)5-10(9)15)17-11-6-12(20-16)19-13(18-11)21-2/h3-7H,16H2,1-2H3,(H2,17,18,19,20).